The van der Waals surface area contributed by atoms with Crippen LogP contribution < -0.4 is 20.3 Å². The number of carbonyl (C=O) groups excluding carboxylic acids is 1. The standard InChI is InChI=1S/C17H17F3N2O4/c1-25-13-5-3-4-11(16(13)26-2)8-21-14(23)10-22-9-12(17(18,19)20)6-7-15(22)24/h3-7,9H,8,10H2,1-2H3,(H,21,23). The van der Waals surface area contributed by atoms with E-state index < -0.39 is 29.8 Å². The largest absolute Gasteiger partial charge is 0.493 e. The predicted molar refractivity (Wildman–Crippen MR) is 87.1 cm³/mol. The number of methoxy groups -OCH3 is 2. The van der Waals surface area contributed by atoms with Crippen LogP contribution in [0.3, 0.4) is 0 Å². The molecule has 0 spiro atoms. The minimum Gasteiger partial charge on any atom is -0.493 e. The Morgan fingerprint density at radius 1 is 1.15 bits per heavy atom. The summed E-state index contributed by atoms with van der Waals surface area (Å²) in [4.78, 5) is 23.7. The lowest BCUT2D eigenvalue weighted by molar-refractivity contribution is -0.138. The number of carbonyl (C=O) groups is 1. The third kappa shape index (κ3) is 4.56. The zero-order valence-corrected chi connectivity index (χ0v) is 14.1. The van der Waals surface area contributed by atoms with Gasteiger partial charge in [0.15, 0.2) is 11.5 Å². The maximum atomic E-state index is 12.7. The number of nitrogens with one attached hydrogen (secondary N) is 1. The van der Waals surface area contributed by atoms with Crippen molar-refractivity contribution in [2.45, 2.75) is 19.3 Å². The van der Waals surface area contributed by atoms with Crippen LogP contribution in [0.4, 0.5) is 13.2 Å². The molecule has 1 N–H and O–H groups in total. The summed E-state index contributed by atoms with van der Waals surface area (Å²) in [5.74, 6) is 0.302. The Bertz CT molecular complexity index is 847. The monoisotopic (exact) mass is 370 g/mol. The highest BCUT2D eigenvalue weighted by Gasteiger charge is 2.31. The lowest BCUT2D eigenvalue weighted by Gasteiger charge is -2.14. The molecule has 0 fully saturated rings. The van der Waals surface area contributed by atoms with Crippen molar-refractivity contribution >= 4 is 5.91 Å². The molecule has 1 aromatic heterocycles. The van der Waals surface area contributed by atoms with Gasteiger partial charge in [0, 0.05) is 24.4 Å². The van der Waals surface area contributed by atoms with E-state index in [0.717, 1.165) is 6.07 Å². The molecule has 0 aliphatic carbocycles. The van der Waals surface area contributed by atoms with Gasteiger partial charge in [-0.1, -0.05) is 12.1 Å². The number of benzene rings is 1. The van der Waals surface area contributed by atoms with Crippen LogP contribution in [0.15, 0.2) is 41.3 Å². The van der Waals surface area contributed by atoms with E-state index in [2.05, 4.69) is 5.32 Å². The molecule has 9 heteroatoms. The minimum absolute atomic E-state index is 0.0624. The van der Waals surface area contributed by atoms with Crippen LogP contribution in [0, 0.1) is 0 Å². The third-order valence-corrected chi connectivity index (χ3v) is 3.59. The van der Waals surface area contributed by atoms with E-state index in [1.807, 2.05) is 0 Å². The number of nitrogens with zero attached hydrogens (tertiary/aromatic N) is 1. The molecule has 1 aromatic carbocycles. The summed E-state index contributed by atoms with van der Waals surface area (Å²) in [7, 11) is 2.92. The van der Waals surface area contributed by atoms with Crippen molar-refractivity contribution in [2.24, 2.45) is 0 Å². The van der Waals surface area contributed by atoms with Crippen LogP contribution in [-0.4, -0.2) is 24.7 Å². The van der Waals surface area contributed by atoms with Crippen LogP contribution in [-0.2, 0) is 24.1 Å². The fourth-order valence-electron chi connectivity index (χ4n) is 2.32. The number of ether oxygens (including phenoxy) is 2. The maximum Gasteiger partial charge on any atom is 0.417 e. The first-order valence-electron chi connectivity index (χ1n) is 7.50. The second-order valence-electron chi connectivity index (χ2n) is 5.31. The number of halogens is 3. The van der Waals surface area contributed by atoms with Gasteiger partial charge in [-0.3, -0.25) is 9.59 Å². The quantitative estimate of drug-likeness (QED) is 0.847. The van der Waals surface area contributed by atoms with Crippen molar-refractivity contribution in [1.82, 2.24) is 9.88 Å². The number of para-hydroxylation sites is 1. The summed E-state index contributed by atoms with van der Waals surface area (Å²) < 4.78 is 49.3. The van der Waals surface area contributed by atoms with Crippen molar-refractivity contribution in [3.63, 3.8) is 0 Å². The average molecular weight is 370 g/mol. The molecule has 0 atom stereocenters. The molecule has 0 aliphatic rings. The van der Waals surface area contributed by atoms with E-state index in [4.69, 9.17) is 9.47 Å². The van der Waals surface area contributed by atoms with E-state index in [9.17, 15) is 22.8 Å². The lowest BCUT2D eigenvalue weighted by atomic mass is 10.2. The molecular formula is C17H17F3N2O4. The number of alkyl halides is 3. The highest BCUT2D eigenvalue weighted by atomic mass is 19.4. The molecule has 0 saturated carbocycles. The lowest BCUT2D eigenvalue weighted by Crippen LogP contribution is -2.32. The Labute approximate surface area is 147 Å². The molecule has 0 unspecified atom stereocenters. The number of amides is 1. The van der Waals surface area contributed by atoms with Gasteiger partial charge in [0.1, 0.15) is 6.54 Å². The Balaban J connectivity index is 2.10. The van der Waals surface area contributed by atoms with Crippen molar-refractivity contribution in [3.05, 3.63) is 58.0 Å². The summed E-state index contributed by atoms with van der Waals surface area (Å²) in [6.45, 7) is -0.470. The zero-order valence-electron chi connectivity index (χ0n) is 14.1. The fourth-order valence-corrected chi connectivity index (χ4v) is 2.32. The van der Waals surface area contributed by atoms with E-state index in [1.165, 1.54) is 14.2 Å². The van der Waals surface area contributed by atoms with Gasteiger partial charge in [0.05, 0.1) is 19.8 Å². The molecular weight excluding hydrogens is 353 g/mol. The molecule has 0 saturated heterocycles. The second kappa shape index (κ2) is 7.94. The number of aromatic nitrogens is 1. The zero-order chi connectivity index (χ0) is 19.3. The molecule has 1 heterocycles. The van der Waals surface area contributed by atoms with Crippen molar-refractivity contribution in [3.8, 4) is 11.5 Å². The van der Waals surface area contributed by atoms with Gasteiger partial charge in [-0.05, 0) is 12.1 Å². The van der Waals surface area contributed by atoms with Gasteiger partial charge in [-0.15, -0.1) is 0 Å². The van der Waals surface area contributed by atoms with Crippen molar-refractivity contribution in [1.29, 1.82) is 0 Å². The first kappa shape index (κ1) is 19.4. The molecule has 2 aromatic rings. The first-order valence-corrected chi connectivity index (χ1v) is 7.50. The maximum absolute atomic E-state index is 12.7. The first-order chi connectivity index (χ1) is 12.3. The van der Waals surface area contributed by atoms with Crippen LogP contribution in [0.5, 0.6) is 11.5 Å². The van der Waals surface area contributed by atoms with Gasteiger partial charge in [0.2, 0.25) is 5.91 Å². The highest BCUT2D eigenvalue weighted by molar-refractivity contribution is 5.75. The van der Waals surface area contributed by atoms with Crippen LogP contribution >= 0.6 is 0 Å². The topological polar surface area (TPSA) is 69.6 Å². The number of pyridine rings is 1. The van der Waals surface area contributed by atoms with E-state index >= 15 is 0 Å². The summed E-state index contributed by atoms with van der Waals surface area (Å²) in [5, 5.41) is 2.54. The molecule has 140 valence electrons. The summed E-state index contributed by atoms with van der Waals surface area (Å²) in [6.07, 6.45) is -3.98. The van der Waals surface area contributed by atoms with Crippen molar-refractivity contribution in [2.75, 3.05) is 14.2 Å². The number of hydrogen-bond acceptors (Lipinski definition) is 4. The Morgan fingerprint density at radius 2 is 1.88 bits per heavy atom. The summed E-state index contributed by atoms with van der Waals surface area (Å²) >= 11 is 0. The predicted octanol–water partition coefficient (Wildman–Crippen LogP) is 2.20. The fraction of sp³-hybridized carbons (Fsp3) is 0.294. The number of hydrogen-bond donors (Lipinski definition) is 1. The molecule has 6 nitrogen and oxygen atoms in total. The van der Waals surface area contributed by atoms with Gasteiger partial charge in [0.25, 0.3) is 5.56 Å². The average Bonchev–Trinajstić information content (AvgIpc) is 2.60. The SMILES string of the molecule is COc1cccc(CNC(=O)Cn2cc(C(F)(F)F)ccc2=O)c1OC. The summed E-state index contributed by atoms with van der Waals surface area (Å²) in [6, 6.07) is 6.56. The van der Waals surface area contributed by atoms with E-state index in [0.29, 0.717) is 33.9 Å². The molecule has 26 heavy (non-hydrogen) atoms. The highest BCUT2D eigenvalue weighted by Crippen LogP contribution is 2.30. The summed E-state index contributed by atoms with van der Waals surface area (Å²) in [5.41, 5.74) is -1.08. The molecule has 0 radical (unpaired) electrons. The van der Waals surface area contributed by atoms with Crippen LogP contribution in [0.1, 0.15) is 11.1 Å². The van der Waals surface area contributed by atoms with Crippen molar-refractivity contribution < 1.29 is 27.4 Å². The van der Waals surface area contributed by atoms with Gasteiger partial charge >= 0.3 is 6.18 Å². The second-order valence-corrected chi connectivity index (χ2v) is 5.31. The third-order valence-electron chi connectivity index (χ3n) is 3.59. The smallest absolute Gasteiger partial charge is 0.417 e. The van der Waals surface area contributed by atoms with E-state index in [-0.39, 0.29) is 6.54 Å². The molecule has 1 amide bonds. The molecule has 0 bridgehead atoms. The Hall–Kier alpha value is -2.97. The van der Waals surface area contributed by atoms with E-state index in [1.54, 1.807) is 18.2 Å². The Kier molecular flexibility index (Phi) is 5.91. The van der Waals surface area contributed by atoms with Crippen LogP contribution in [0.25, 0.3) is 0 Å². The van der Waals surface area contributed by atoms with Crippen LogP contribution in [0.2, 0.25) is 0 Å². The van der Waals surface area contributed by atoms with Gasteiger partial charge in [-0.25, -0.2) is 0 Å². The Morgan fingerprint density at radius 3 is 2.50 bits per heavy atom. The normalized spacial score (nSPS) is 11.1. The van der Waals surface area contributed by atoms with Gasteiger partial charge in [-0.2, -0.15) is 13.2 Å². The molecule has 0 aliphatic heterocycles. The van der Waals surface area contributed by atoms with Gasteiger partial charge < -0.3 is 19.4 Å². The minimum atomic E-state index is -4.60. The number of rotatable bonds is 6. The molecule has 2 rings (SSSR count).